The standard InChI is InChI=1S/C19H22FN3O4S3/c1-12-4-6-15(7-5-12)30(25,26)22-17-16-18(28-11-10-27-9-8-20)29-14(3)13(2)23(16)19(24)21-17/h4-7H,8-11H2,1-3H3,(H,21,22,24). The number of hydrogen-bond acceptors (Lipinski definition) is 7. The molecule has 2 aliphatic heterocycles. The minimum absolute atomic E-state index is 0.00731. The minimum Gasteiger partial charge on any atom is -0.378 e. The molecular weight excluding hydrogens is 449 g/mol. The first kappa shape index (κ1) is 22.7. The molecule has 0 fully saturated rings. The lowest BCUT2D eigenvalue weighted by atomic mass is 10.2. The van der Waals surface area contributed by atoms with Crippen LogP contribution < -0.4 is 10.4 Å². The van der Waals surface area contributed by atoms with E-state index in [2.05, 4.69) is 9.71 Å². The predicted molar refractivity (Wildman–Crippen MR) is 118 cm³/mol. The van der Waals surface area contributed by atoms with Crippen LogP contribution in [0.3, 0.4) is 0 Å². The number of halogens is 1. The smallest absolute Gasteiger partial charge is 0.354 e. The molecule has 11 heteroatoms. The van der Waals surface area contributed by atoms with Gasteiger partial charge in [-0.15, -0.1) is 23.1 Å². The zero-order chi connectivity index (χ0) is 21.9. The van der Waals surface area contributed by atoms with Gasteiger partial charge in [-0.1, -0.05) is 17.7 Å². The van der Waals surface area contributed by atoms with Crippen molar-refractivity contribution >= 4 is 38.9 Å². The van der Waals surface area contributed by atoms with Crippen molar-refractivity contribution in [2.24, 2.45) is 0 Å². The maximum Gasteiger partial charge on any atom is 0.354 e. The number of aryl methyl sites for hydroxylation is 2. The van der Waals surface area contributed by atoms with Crippen molar-refractivity contribution in [1.29, 1.82) is 0 Å². The van der Waals surface area contributed by atoms with Gasteiger partial charge >= 0.3 is 5.69 Å². The van der Waals surface area contributed by atoms with Crippen molar-refractivity contribution in [3.63, 3.8) is 0 Å². The van der Waals surface area contributed by atoms with Crippen LogP contribution in [-0.2, 0) is 14.8 Å². The summed E-state index contributed by atoms with van der Waals surface area (Å²) in [5.74, 6) is 0.519. The van der Waals surface area contributed by atoms with Crippen LogP contribution in [0, 0.1) is 20.8 Å². The molecule has 0 aromatic heterocycles. The highest BCUT2D eigenvalue weighted by atomic mass is 32.2. The molecule has 1 N–H and O–H groups in total. The molecule has 1 aromatic rings. The van der Waals surface area contributed by atoms with Crippen LogP contribution in [0.2, 0.25) is 0 Å². The Morgan fingerprint density at radius 2 is 1.90 bits per heavy atom. The monoisotopic (exact) mass is 471 g/mol. The van der Waals surface area contributed by atoms with Gasteiger partial charge in [0.1, 0.15) is 12.4 Å². The molecule has 0 amide bonds. The molecule has 0 spiro atoms. The molecular formula is C19H22FN3O4S3. The van der Waals surface area contributed by atoms with E-state index >= 15 is 0 Å². The molecule has 0 saturated carbocycles. The van der Waals surface area contributed by atoms with Crippen molar-refractivity contribution < 1.29 is 17.5 Å². The van der Waals surface area contributed by atoms with E-state index in [1.165, 1.54) is 39.8 Å². The Kier molecular flexibility index (Phi) is 7.17. The summed E-state index contributed by atoms with van der Waals surface area (Å²) in [4.78, 5) is 17.5. The van der Waals surface area contributed by atoms with Gasteiger partial charge in [0.25, 0.3) is 10.0 Å². The number of hydrogen-bond donors (Lipinski definition) is 1. The average Bonchev–Trinajstić information content (AvgIpc) is 3.01. The van der Waals surface area contributed by atoms with Gasteiger partial charge in [-0.25, -0.2) is 17.6 Å². The van der Waals surface area contributed by atoms with Gasteiger partial charge in [0.05, 0.1) is 22.3 Å². The predicted octanol–water partition coefficient (Wildman–Crippen LogP) is 3.54. The van der Waals surface area contributed by atoms with Crippen molar-refractivity contribution in [2.75, 3.05) is 30.4 Å². The van der Waals surface area contributed by atoms with E-state index in [1.54, 1.807) is 19.1 Å². The molecule has 1 aromatic carbocycles. The summed E-state index contributed by atoms with van der Waals surface area (Å²) < 4.78 is 47.7. The van der Waals surface area contributed by atoms with E-state index in [4.69, 9.17) is 4.74 Å². The van der Waals surface area contributed by atoms with E-state index in [-0.39, 0.29) is 17.3 Å². The molecule has 162 valence electrons. The second kappa shape index (κ2) is 9.46. The first-order chi connectivity index (χ1) is 14.2. The maximum absolute atomic E-state index is 12.8. The molecule has 0 atom stereocenters. The third-order valence-corrected chi connectivity index (χ3v) is 8.14. The number of nitrogens with zero attached hydrogens (tertiary/aromatic N) is 2. The van der Waals surface area contributed by atoms with Crippen LogP contribution in [0.4, 0.5) is 10.2 Å². The van der Waals surface area contributed by atoms with Gasteiger partial charge in [0.2, 0.25) is 0 Å². The fourth-order valence-electron chi connectivity index (χ4n) is 2.74. The number of fused-ring (bicyclic) bond motifs is 1. The molecule has 7 nitrogen and oxygen atoms in total. The number of anilines is 1. The SMILES string of the molecule is Cc1ccc(S(=O)(=O)Nc2nc(=O)n3c(C)c(C)sc(SCCOCCF)c2-3)cc1. The Morgan fingerprint density at radius 3 is 2.57 bits per heavy atom. The fourth-order valence-corrected chi connectivity index (χ4v) is 6.12. The van der Waals surface area contributed by atoms with Crippen LogP contribution in [0.15, 0.2) is 38.2 Å². The van der Waals surface area contributed by atoms with Gasteiger partial charge < -0.3 is 4.74 Å². The molecule has 0 saturated heterocycles. The molecule has 30 heavy (non-hydrogen) atoms. The normalized spacial score (nSPS) is 11.9. The number of imidazole rings is 1. The van der Waals surface area contributed by atoms with Gasteiger partial charge in [0.15, 0.2) is 5.82 Å². The number of rotatable bonds is 9. The van der Waals surface area contributed by atoms with Crippen LogP contribution in [0.25, 0.3) is 5.69 Å². The minimum atomic E-state index is -3.92. The van der Waals surface area contributed by atoms with Crippen molar-refractivity contribution in [3.8, 4) is 5.69 Å². The summed E-state index contributed by atoms with van der Waals surface area (Å²) in [6.07, 6.45) is 0. The summed E-state index contributed by atoms with van der Waals surface area (Å²) in [6.45, 7) is 5.37. The quantitative estimate of drug-likeness (QED) is 0.379. The molecule has 0 bridgehead atoms. The third kappa shape index (κ3) is 4.85. The van der Waals surface area contributed by atoms with Crippen molar-refractivity contribution in [2.45, 2.75) is 29.9 Å². The Hall–Kier alpha value is -1.95. The molecule has 0 radical (unpaired) electrons. The van der Waals surface area contributed by atoms with Gasteiger partial charge in [-0.3, -0.25) is 9.29 Å². The summed E-state index contributed by atoms with van der Waals surface area (Å²) in [7, 11) is -3.92. The molecule has 2 heterocycles. The highest BCUT2D eigenvalue weighted by Gasteiger charge is 2.26. The number of sulfonamides is 1. The zero-order valence-corrected chi connectivity index (χ0v) is 19.2. The van der Waals surface area contributed by atoms with Gasteiger partial charge in [-0.05, 0) is 32.9 Å². The van der Waals surface area contributed by atoms with Gasteiger partial charge in [0, 0.05) is 16.3 Å². The Balaban J connectivity index is 1.98. The van der Waals surface area contributed by atoms with E-state index in [0.29, 0.717) is 23.7 Å². The fraction of sp³-hybridized carbons (Fsp3) is 0.368. The van der Waals surface area contributed by atoms with E-state index in [9.17, 15) is 17.6 Å². The van der Waals surface area contributed by atoms with E-state index < -0.39 is 22.4 Å². The molecule has 0 aliphatic carbocycles. The number of thioether (sulfide) groups is 1. The molecule has 3 rings (SSSR count). The van der Waals surface area contributed by atoms with Crippen LogP contribution in [0.1, 0.15) is 16.1 Å². The number of alkyl halides is 1. The number of ether oxygens (including phenoxy) is 1. The molecule has 0 unspecified atom stereocenters. The van der Waals surface area contributed by atoms with Gasteiger partial charge in [-0.2, -0.15) is 4.98 Å². The first-order valence-electron chi connectivity index (χ1n) is 9.13. The van der Waals surface area contributed by atoms with Crippen LogP contribution in [-0.4, -0.2) is 43.6 Å². The van der Waals surface area contributed by atoms with E-state index in [0.717, 1.165) is 14.6 Å². The largest absolute Gasteiger partial charge is 0.378 e. The van der Waals surface area contributed by atoms with Crippen LogP contribution in [0.5, 0.6) is 0 Å². The third-order valence-electron chi connectivity index (χ3n) is 4.38. The second-order valence-corrected chi connectivity index (χ2v) is 10.8. The summed E-state index contributed by atoms with van der Waals surface area (Å²) in [5.41, 5.74) is 1.51. The Morgan fingerprint density at radius 1 is 1.20 bits per heavy atom. The first-order valence-corrected chi connectivity index (χ1v) is 12.4. The topological polar surface area (TPSA) is 90.3 Å². The van der Waals surface area contributed by atoms with Crippen molar-refractivity contribution in [3.05, 3.63) is 50.9 Å². The second-order valence-electron chi connectivity index (χ2n) is 6.53. The summed E-state index contributed by atoms with van der Waals surface area (Å²) >= 11 is 2.86. The lowest BCUT2D eigenvalue weighted by molar-refractivity contribution is 0.133. The summed E-state index contributed by atoms with van der Waals surface area (Å²) in [6, 6.07) is 6.41. The highest BCUT2D eigenvalue weighted by molar-refractivity contribution is 8.01. The number of aromatic nitrogens is 2. The molecule has 2 aliphatic rings. The number of benzene rings is 1. The lowest BCUT2D eigenvalue weighted by Crippen LogP contribution is -2.17. The average molecular weight is 472 g/mol. The lowest BCUT2D eigenvalue weighted by Gasteiger charge is -2.16. The maximum atomic E-state index is 12.8. The summed E-state index contributed by atoms with van der Waals surface area (Å²) in [5, 5.41) is 0. The zero-order valence-electron chi connectivity index (χ0n) is 16.8. The Bertz CT molecular complexity index is 1160. The Labute approximate surface area is 182 Å². The van der Waals surface area contributed by atoms with E-state index in [1.807, 2.05) is 13.8 Å². The van der Waals surface area contributed by atoms with Crippen molar-refractivity contribution in [1.82, 2.24) is 9.55 Å². The highest BCUT2D eigenvalue weighted by Crippen LogP contribution is 2.38. The van der Waals surface area contributed by atoms with Crippen LogP contribution >= 0.6 is 23.1 Å². The number of nitrogens with one attached hydrogen (secondary N) is 1.